The second-order valence-corrected chi connectivity index (χ2v) is 17.1. The molecule has 2 aromatic rings. The van der Waals surface area contributed by atoms with E-state index in [1.165, 1.54) is 80.1 Å². The summed E-state index contributed by atoms with van der Waals surface area (Å²) < 4.78 is 23.0. The van der Waals surface area contributed by atoms with Crippen LogP contribution in [0, 0.1) is 5.92 Å². The summed E-state index contributed by atoms with van der Waals surface area (Å²) in [5.74, 6) is 3.73. The van der Waals surface area contributed by atoms with Crippen molar-refractivity contribution in [1.29, 1.82) is 0 Å². The highest BCUT2D eigenvalue weighted by atomic mass is 31.1. The molecule has 3 aliphatic rings. The van der Waals surface area contributed by atoms with Gasteiger partial charge in [0.15, 0.2) is 0 Å². The van der Waals surface area contributed by atoms with Crippen molar-refractivity contribution < 1.29 is 18.9 Å². The Morgan fingerprint density at radius 3 is 1.41 bits per heavy atom. The van der Waals surface area contributed by atoms with Crippen LogP contribution in [-0.2, 0) is 0 Å². The molecule has 0 radical (unpaired) electrons. The molecule has 2 atom stereocenters. The van der Waals surface area contributed by atoms with Gasteiger partial charge >= 0.3 is 0 Å². The molecule has 2 saturated carbocycles. The Morgan fingerprint density at radius 2 is 1.02 bits per heavy atom. The van der Waals surface area contributed by atoms with Crippen molar-refractivity contribution in [2.45, 2.75) is 88.1 Å². The van der Waals surface area contributed by atoms with Gasteiger partial charge in [-0.2, -0.15) is 0 Å². The minimum atomic E-state index is -0.882. The number of benzene rings is 2. The highest BCUT2D eigenvalue weighted by Gasteiger charge is 2.40. The lowest BCUT2D eigenvalue weighted by Gasteiger charge is -2.44. The molecule has 1 unspecified atom stereocenters. The zero-order chi connectivity index (χ0) is 28.8. The predicted octanol–water partition coefficient (Wildman–Crippen LogP) is 8.76. The fourth-order valence-corrected chi connectivity index (χ4v) is 14.7. The molecule has 4 nitrogen and oxygen atoms in total. The van der Waals surface area contributed by atoms with Crippen LogP contribution >= 0.6 is 15.8 Å². The smallest absolute Gasteiger partial charge is 0.123 e. The van der Waals surface area contributed by atoms with Crippen LogP contribution in [0.5, 0.6) is 23.0 Å². The predicted molar refractivity (Wildman–Crippen MR) is 176 cm³/mol. The monoisotopic (exact) mass is 594 g/mol. The van der Waals surface area contributed by atoms with E-state index >= 15 is 0 Å². The van der Waals surface area contributed by atoms with Crippen molar-refractivity contribution in [3.8, 4) is 23.0 Å². The van der Waals surface area contributed by atoms with Gasteiger partial charge in [0.25, 0.3) is 0 Å². The second-order valence-electron chi connectivity index (χ2n) is 11.8. The lowest BCUT2D eigenvalue weighted by Crippen LogP contribution is -2.30. The van der Waals surface area contributed by atoms with E-state index in [0.29, 0.717) is 11.6 Å². The molecule has 0 saturated heterocycles. The molecule has 0 aliphatic heterocycles. The fourth-order valence-electron chi connectivity index (χ4n) is 7.31. The number of rotatable bonds is 11. The van der Waals surface area contributed by atoms with Gasteiger partial charge in [-0.25, -0.2) is 0 Å². The van der Waals surface area contributed by atoms with E-state index in [0.717, 1.165) is 34.3 Å². The van der Waals surface area contributed by atoms with E-state index < -0.39 is 7.92 Å². The quantitative estimate of drug-likeness (QED) is 0.244. The number of hydrogen-bond acceptors (Lipinski definition) is 4. The maximum atomic E-state index is 5.76. The maximum absolute atomic E-state index is 5.76. The topological polar surface area (TPSA) is 36.9 Å². The zero-order valence-electron chi connectivity index (χ0n) is 25.6. The molecule has 0 spiro atoms. The minimum Gasteiger partial charge on any atom is -0.497 e. The Kier molecular flexibility index (Phi) is 10.7. The molecule has 0 bridgehead atoms. The Balaban J connectivity index is 1.58. The van der Waals surface area contributed by atoms with Crippen LogP contribution < -0.4 is 29.6 Å². The molecule has 0 amide bonds. The summed E-state index contributed by atoms with van der Waals surface area (Å²) in [5.41, 5.74) is 2.51. The molecule has 3 aliphatic carbocycles. The highest BCUT2D eigenvalue weighted by Crippen LogP contribution is 2.64. The van der Waals surface area contributed by atoms with Gasteiger partial charge in [0, 0.05) is 18.1 Å². The van der Waals surface area contributed by atoms with Gasteiger partial charge in [0.2, 0.25) is 0 Å². The van der Waals surface area contributed by atoms with E-state index in [1.54, 1.807) is 28.4 Å². The molecule has 0 aromatic heterocycles. The Labute approximate surface area is 250 Å². The largest absolute Gasteiger partial charge is 0.497 e. The molecule has 5 rings (SSSR count). The molecule has 41 heavy (non-hydrogen) atoms. The number of ether oxygens (including phenoxy) is 4. The number of allylic oxidation sites excluding steroid dienone is 4. The van der Waals surface area contributed by atoms with Crippen LogP contribution in [0.1, 0.15) is 71.1 Å². The van der Waals surface area contributed by atoms with Crippen molar-refractivity contribution >= 4 is 26.5 Å². The Hall–Kier alpha value is -2.02. The van der Waals surface area contributed by atoms with E-state index in [1.807, 2.05) is 12.1 Å². The second kappa shape index (κ2) is 14.4. The first-order chi connectivity index (χ1) is 20.1. The van der Waals surface area contributed by atoms with Crippen LogP contribution in [0.4, 0.5) is 0 Å². The van der Waals surface area contributed by atoms with Gasteiger partial charge in [-0.05, 0) is 90.8 Å². The summed E-state index contributed by atoms with van der Waals surface area (Å²) in [5, 5.41) is 3.99. The third-order valence-electron chi connectivity index (χ3n) is 9.36. The van der Waals surface area contributed by atoms with E-state index in [4.69, 9.17) is 18.9 Å². The van der Waals surface area contributed by atoms with Crippen molar-refractivity contribution in [1.82, 2.24) is 0 Å². The first-order valence-corrected chi connectivity index (χ1v) is 18.4. The Morgan fingerprint density at radius 1 is 0.610 bits per heavy atom. The molecular weight excluding hydrogens is 546 g/mol. The maximum Gasteiger partial charge on any atom is 0.123 e. The standard InChI is InChI=1S/C35H48O4P2/c1-25(40(30-13-8-6-9-14-30)31-15-10-7-11-16-31)34-17-12-18-35(34)41(32-21-26(36-2)19-27(22-32)37-3)33-23-28(38-4)20-29(24-33)39-5/h12,17-25,30-31,34H,6-11,13-16H2,1-5H3/t25-,34?/m1/s1. The molecule has 2 aromatic carbocycles. The number of hydrogen-bond donors (Lipinski definition) is 0. The fraction of sp³-hybridized carbons (Fsp3) is 0.543. The Bertz CT molecular complexity index is 1090. The summed E-state index contributed by atoms with van der Waals surface area (Å²) >= 11 is 0. The molecule has 2 fully saturated rings. The first kappa shape index (κ1) is 30.4. The average Bonchev–Trinajstić information content (AvgIpc) is 3.51. The molecule has 0 heterocycles. The molecular formula is C35H48O4P2. The molecule has 6 heteroatoms. The summed E-state index contributed by atoms with van der Waals surface area (Å²) in [4.78, 5) is 0. The van der Waals surface area contributed by atoms with Crippen molar-refractivity contribution in [3.63, 3.8) is 0 Å². The summed E-state index contributed by atoms with van der Waals surface area (Å²) in [6.07, 6.45) is 21.6. The third-order valence-corrected chi connectivity index (χ3v) is 15.9. The SMILES string of the molecule is COc1cc(OC)cc(P(C2=CC=CC2[C@@H](C)P(C2CCCCC2)C2CCCCC2)c2cc(OC)cc(OC)c2)c1. The first-order valence-electron chi connectivity index (χ1n) is 15.5. The summed E-state index contributed by atoms with van der Waals surface area (Å²) in [6.45, 7) is 2.61. The summed E-state index contributed by atoms with van der Waals surface area (Å²) in [7, 11) is 5.98. The number of methoxy groups -OCH3 is 4. The van der Waals surface area contributed by atoms with Crippen LogP contribution in [0.25, 0.3) is 0 Å². The van der Waals surface area contributed by atoms with E-state index in [9.17, 15) is 0 Å². The lowest BCUT2D eigenvalue weighted by molar-refractivity contribution is 0.395. The normalized spacial score (nSPS) is 20.8. The van der Waals surface area contributed by atoms with Gasteiger partial charge in [0.1, 0.15) is 23.0 Å². The van der Waals surface area contributed by atoms with Crippen LogP contribution in [-0.4, -0.2) is 45.4 Å². The van der Waals surface area contributed by atoms with E-state index in [2.05, 4.69) is 49.4 Å². The van der Waals surface area contributed by atoms with Gasteiger partial charge in [-0.3, -0.25) is 0 Å². The van der Waals surface area contributed by atoms with Gasteiger partial charge in [-0.15, -0.1) is 0 Å². The minimum absolute atomic E-state index is 0.0761. The molecule has 222 valence electrons. The van der Waals surface area contributed by atoms with Crippen molar-refractivity contribution in [3.05, 3.63) is 59.9 Å². The zero-order valence-corrected chi connectivity index (χ0v) is 27.4. The summed E-state index contributed by atoms with van der Waals surface area (Å²) in [6, 6.07) is 12.7. The van der Waals surface area contributed by atoms with Crippen LogP contribution in [0.2, 0.25) is 0 Å². The van der Waals surface area contributed by atoms with E-state index in [-0.39, 0.29) is 7.92 Å². The van der Waals surface area contributed by atoms with Gasteiger partial charge in [-0.1, -0.05) is 71.6 Å². The highest BCUT2D eigenvalue weighted by molar-refractivity contribution is 7.77. The average molecular weight is 595 g/mol. The van der Waals surface area contributed by atoms with Crippen molar-refractivity contribution in [2.24, 2.45) is 5.92 Å². The van der Waals surface area contributed by atoms with Crippen molar-refractivity contribution in [2.75, 3.05) is 28.4 Å². The molecule has 0 N–H and O–H groups in total. The van der Waals surface area contributed by atoms with Gasteiger partial charge < -0.3 is 18.9 Å². The van der Waals surface area contributed by atoms with Crippen LogP contribution in [0.15, 0.2) is 59.9 Å². The van der Waals surface area contributed by atoms with Gasteiger partial charge in [0.05, 0.1) is 28.4 Å². The lowest BCUT2D eigenvalue weighted by atomic mass is 9.99. The third kappa shape index (κ3) is 6.97. The van der Waals surface area contributed by atoms with Crippen LogP contribution in [0.3, 0.4) is 0 Å².